The maximum absolute atomic E-state index is 13.5. The Morgan fingerprint density at radius 2 is 1.65 bits per heavy atom. The average molecular weight is 603 g/mol. The van der Waals surface area contributed by atoms with Gasteiger partial charge in [-0.3, -0.25) is 13.9 Å². The summed E-state index contributed by atoms with van der Waals surface area (Å²) < 4.78 is 65.8. The molecule has 0 bridgehead atoms. The fourth-order valence-electron chi connectivity index (χ4n) is 3.33. The number of rotatable bonds is 10. The van der Waals surface area contributed by atoms with E-state index in [1.54, 1.807) is 6.07 Å². The summed E-state index contributed by atoms with van der Waals surface area (Å²) in [6.07, 6.45) is -3.49. The van der Waals surface area contributed by atoms with Crippen molar-refractivity contribution in [1.82, 2.24) is 10.2 Å². The summed E-state index contributed by atoms with van der Waals surface area (Å²) in [6.45, 7) is 2.44. The van der Waals surface area contributed by atoms with E-state index in [-0.39, 0.29) is 16.6 Å². The van der Waals surface area contributed by atoms with Crippen molar-refractivity contribution in [2.75, 3.05) is 23.7 Å². The number of nitrogens with one attached hydrogen (secondary N) is 1. The highest BCUT2D eigenvalue weighted by Crippen LogP contribution is 2.37. The van der Waals surface area contributed by atoms with Gasteiger partial charge in [-0.2, -0.15) is 13.2 Å². The van der Waals surface area contributed by atoms with Gasteiger partial charge in [-0.15, -0.1) is 0 Å². The van der Waals surface area contributed by atoms with Crippen molar-refractivity contribution in [2.24, 2.45) is 0 Å². The van der Waals surface area contributed by atoms with E-state index in [0.717, 1.165) is 23.3 Å². The first-order valence-corrected chi connectivity index (χ1v) is 13.9. The van der Waals surface area contributed by atoms with Gasteiger partial charge in [0.05, 0.1) is 22.5 Å². The van der Waals surface area contributed by atoms with Crippen LogP contribution in [0.5, 0.6) is 0 Å². The third-order valence-electron chi connectivity index (χ3n) is 5.33. The number of amides is 2. The Kier molecular flexibility index (Phi) is 10.5. The van der Waals surface area contributed by atoms with Crippen molar-refractivity contribution in [3.63, 3.8) is 0 Å². The van der Waals surface area contributed by atoms with E-state index in [2.05, 4.69) is 5.32 Å². The van der Waals surface area contributed by atoms with E-state index in [0.29, 0.717) is 28.9 Å². The smallest absolute Gasteiger partial charge is 0.354 e. The van der Waals surface area contributed by atoms with Crippen molar-refractivity contribution in [2.45, 2.75) is 39.0 Å². The van der Waals surface area contributed by atoms with Crippen LogP contribution in [0.4, 0.5) is 18.9 Å². The molecule has 2 aromatic rings. The highest BCUT2D eigenvalue weighted by molar-refractivity contribution is 7.92. The minimum Gasteiger partial charge on any atom is -0.354 e. The van der Waals surface area contributed by atoms with Crippen molar-refractivity contribution < 1.29 is 31.2 Å². The molecule has 0 aromatic heterocycles. The average Bonchev–Trinajstić information content (AvgIpc) is 2.79. The van der Waals surface area contributed by atoms with Gasteiger partial charge in [0.15, 0.2) is 0 Å². The lowest BCUT2D eigenvalue weighted by Gasteiger charge is -2.32. The summed E-state index contributed by atoms with van der Waals surface area (Å²) in [5, 5.41) is 2.44. The highest BCUT2D eigenvalue weighted by Gasteiger charge is 2.35. The standard InChI is InChI=1S/C23H25Cl3F3N3O4S/c1-4-10-30-22(34)14(2)31(12-16-18(24)6-5-7-19(16)25)21(33)13-32(37(3,35)36)15-8-9-20(26)17(11-15)23(27,28)29/h5-9,11,14H,4,10,12-13H2,1-3H3,(H,30,34)/t14-/m0/s1. The summed E-state index contributed by atoms with van der Waals surface area (Å²) >= 11 is 18.2. The van der Waals surface area contributed by atoms with Crippen LogP contribution in [0, 0.1) is 0 Å². The molecular weight excluding hydrogens is 578 g/mol. The van der Waals surface area contributed by atoms with E-state index in [1.807, 2.05) is 6.92 Å². The molecule has 0 aliphatic carbocycles. The SMILES string of the molecule is CCCNC(=O)[C@H](C)N(Cc1c(Cl)cccc1Cl)C(=O)CN(c1ccc(Cl)c(C(F)(F)F)c1)S(C)(=O)=O. The number of hydrogen-bond acceptors (Lipinski definition) is 4. The van der Waals surface area contributed by atoms with Gasteiger partial charge in [-0.1, -0.05) is 47.8 Å². The van der Waals surface area contributed by atoms with Crippen molar-refractivity contribution in [1.29, 1.82) is 0 Å². The van der Waals surface area contributed by atoms with Crippen LogP contribution in [0.25, 0.3) is 0 Å². The summed E-state index contributed by atoms with van der Waals surface area (Å²) in [5.41, 5.74) is -1.38. The quantitative estimate of drug-likeness (QED) is 0.396. The predicted octanol–water partition coefficient (Wildman–Crippen LogP) is 5.38. The fourth-order valence-corrected chi connectivity index (χ4v) is 4.91. The van der Waals surface area contributed by atoms with Crippen LogP contribution < -0.4 is 9.62 Å². The maximum Gasteiger partial charge on any atom is 0.417 e. The first-order chi connectivity index (χ1) is 17.1. The molecule has 1 atom stereocenters. The summed E-state index contributed by atoms with van der Waals surface area (Å²) in [4.78, 5) is 27.3. The van der Waals surface area contributed by atoms with Gasteiger partial charge in [0, 0.05) is 28.7 Å². The molecular formula is C23H25Cl3F3N3O4S. The zero-order chi connectivity index (χ0) is 28.1. The second-order valence-electron chi connectivity index (χ2n) is 8.12. The molecule has 37 heavy (non-hydrogen) atoms. The minimum atomic E-state index is -4.86. The molecule has 14 heteroatoms. The van der Waals surface area contributed by atoms with Crippen LogP contribution in [-0.2, 0) is 32.3 Å². The molecule has 0 aliphatic heterocycles. The second-order valence-corrected chi connectivity index (χ2v) is 11.2. The first kappa shape index (κ1) is 31.0. The molecule has 0 aliphatic rings. The Hall–Kier alpha value is -2.21. The Labute approximate surface area is 228 Å². The van der Waals surface area contributed by atoms with E-state index in [4.69, 9.17) is 34.8 Å². The largest absolute Gasteiger partial charge is 0.417 e. The fraction of sp³-hybridized carbons (Fsp3) is 0.391. The van der Waals surface area contributed by atoms with Crippen molar-refractivity contribution in [3.8, 4) is 0 Å². The lowest BCUT2D eigenvalue weighted by molar-refractivity contribution is -0.139. The van der Waals surface area contributed by atoms with Gasteiger partial charge in [-0.05, 0) is 43.7 Å². The van der Waals surface area contributed by atoms with Gasteiger partial charge in [0.1, 0.15) is 12.6 Å². The van der Waals surface area contributed by atoms with E-state index < -0.39 is 56.9 Å². The van der Waals surface area contributed by atoms with Gasteiger partial charge >= 0.3 is 6.18 Å². The number of nitrogens with zero attached hydrogens (tertiary/aromatic N) is 2. The van der Waals surface area contributed by atoms with Gasteiger partial charge in [0.25, 0.3) is 0 Å². The molecule has 0 saturated carbocycles. The number of benzene rings is 2. The zero-order valence-electron chi connectivity index (χ0n) is 20.1. The molecule has 2 amide bonds. The second kappa shape index (κ2) is 12.6. The summed E-state index contributed by atoms with van der Waals surface area (Å²) in [5.74, 6) is -1.39. The Morgan fingerprint density at radius 1 is 1.05 bits per heavy atom. The number of carbonyl (C=O) groups excluding carboxylic acids is 2. The van der Waals surface area contributed by atoms with Crippen LogP contribution in [0.15, 0.2) is 36.4 Å². The first-order valence-electron chi connectivity index (χ1n) is 10.9. The molecule has 1 N–H and O–H groups in total. The number of halogens is 6. The molecule has 2 aromatic carbocycles. The van der Waals surface area contributed by atoms with E-state index in [1.165, 1.54) is 19.1 Å². The van der Waals surface area contributed by atoms with Crippen LogP contribution in [0.1, 0.15) is 31.4 Å². The molecule has 204 valence electrons. The zero-order valence-corrected chi connectivity index (χ0v) is 23.2. The Balaban J connectivity index is 2.52. The third-order valence-corrected chi connectivity index (χ3v) is 7.51. The lowest BCUT2D eigenvalue weighted by atomic mass is 10.1. The molecule has 0 unspecified atom stereocenters. The number of hydrogen-bond donors (Lipinski definition) is 1. The summed E-state index contributed by atoms with van der Waals surface area (Å²) in [6, 6.07) is 6.04. The van der Waals surface area contributed by atoms with Crippen LogP contribution in [0.2, 0.25) is 15.1 Å². The number of anilines is 1. The molecule has 0 spiro atoms. The predicted molar refractivity (Wildman–Crippen MR) is 138 cm³/mol. The van der Waals surface area contributed by atoms with Crippen LogP contribution in [0.3, 0.4) is 0 Å². The minimum absolute atomic E-state index is 0.207. The molecule has 2 rings (SSSR count). The number of alkyl halides is 3. The molecule has 0 heterocycles. The lowest BCUT2D eigenvalue weighted by Crippen LogP contribution is -2.51. The molecule has 7 nitrogen and oxygen atoms in total. The monoisotopic (exact) mass is 601 g/mol. The van der Waals surface area contributed by atoms with Gasteiger partial charge < -0.3 is 10.2 Å². The Morgan fingerprint density at radius 3 is 2.16 bits per heavy atom. The van der Waals surface area contributed by atoms with Crippen molar-refractivity contribution >= 4 is 62.3 Å². The van der Waals surface area contributed by atoms with Gasteiger partial charge in [0.2, 0.25) is 21.8 Å². The van der Waals surface area contributed by atoms with Gasteiger partial charge in [-0.25, -0.2) is 8.42 Å². The molecule has 0 fully saturated rings. The highest BCUT2D eigenvalue weighted by atomic mass is 35.5. The summed E-state index contributed by atoms with van der Waals surface area (Å²) in [7, 11) is -4.25. The number of carbonyl (C=O) groups is 2. The van der Waals surface area contributed by atoms with E-state index in [9.17, 15) is 31.2 Å². The molecule has 0 radical (unpaired) electrons. The third kappa shape index (κ3) is 8.13. The molecule has 0 saturated heterocycles. The van der Waals surface area contributed by atoms with Crippen LogP contribution in [-0.4, -0.2) is 50.5 Å². The normalized spacial score (nSPS) is 12.7. The topological polar surface area (TPSA) is 86.8 Å². The Bertz CT molecular complexity index is 1240. The maximum atomic E-state index is 13.5. The van der Waals surface area contributed by atoms with Crippen molar-refractivity contribution in [3.05, 3.63) is 62.6 Å². The van der Waals surface area contributed by atoms with E-state index >= 15 is 0 Å². The number of sulfonamides is 1. The van der Waals surface area contributed by atoms with Crippen LogP contribution >= 0.6 is 34.8 Å².